The molecule has 2 heterocycles. The fourth-order valence-corrected chi connectivity index (χ4v) is 3.05. The van der Waals surface area contributed by atoms with Crippen molar-refractivity contribution in [2.45, 2.75) is 20.4 Å². The van der Waals surface area contributed by atoms with Crippen LogP contribution in [-0.2, 0) is 6.54 Å². The number of aryl methyl sites for hydroxylation is 1. The van der Waals surface area contributed by atoms with Gasteiger partial charge in [-0.3, -0.25) is 14.0 Å². The number of carbonyl (C=O) groups is 1. The SMILES string of the molecule is CCN(Cc1cc(=O)n2c(C(=O)NC)c(C)ccc2n1)c1ccc(F)cc1. The highest BCUT2D eigenvalue weighted by molar-refractivity contribution is 5.94. The van der Waals surface area contributed by atoms with Crippen LogP contribution < -0.4 is 15.8 Å². The summed E-state index contributed by atoms with van der Waals surface area (Å²) in [6.07, 6.45) is 0. The van der Waals surface area contributed by atoms with Crippen LogP contribution in [-0.4, -0.2) is 28.9 Å². The van der Waals surface area contributed by atoms with Gasteiger partial charge in [0.1, 0.15) is 17.2 Å². The second-order valence-corrected chi connectivity index (χ2v) is 6.21. The monoisotopic (exact) mass is 368 g/mol. The molecule has 3 rings (SSSR count). The smallest absolute Gasteiger partial charge is 0.268 e. The van der Waals surface area contributed by atoms with Crippen LogP contribution in [0.3, 0.4) is 0 Å². The van der Waals surface area contributed by atoms with Crippen molar-refractivity contribution in [2.75, 3.05) is 18.5 Å². The standard InChI is InChI=1S/C20H21FN4O2/c1-4-24(16-8-6-14(21)7-9-16)12-15-11-18(26)25-17(23-15)10-5-13(2)19(25)20(27)22-3/h5-11H,4,12H2,1-3H3,(H,22,27). The van der Waals surface area contributed by atoms with Gasteiger partial charge < -0.3 is 10.2 Å². The molecule has 2 aromatic heterocycles. The lowest BCUT2D eigenvalue weighted by Gasteiger charge is -2.23. The van der Waals surface area contributed by atoms with E-state index < -0.39 is 0 Å². The number of carbonyl (C=O) groups excluding carboxylic acids is 1. The van der Waals surface area contributed by atoms with Crippen molar-refractivity contribution in [3.63, 3.8) is 0 Å². The van der Waals surface area contributed by atoms with Gasteiger partial charge in [-0.05, 0) is 49.7 Å². The molecule has 1 amide bonds. The summed E-state index contributed by atoms with van der Waals surface area (Å²) < 4.78 is 14.5. The molecule has 0 radical (unpaired) electrons. The molecule has 1 N–H and O–H groups in total. The van der Waals surface area contributed by atoms with E-state index in [1.165, 1.54) is 29.6 Å². The van der Waals surface area contributed by atoms with E-state index in [2.05, 4.69) is 10.3 Å². The Hall–Kier alpha value is -3.22. The fourth-order valence-electron chi connectivity index (χ4n) is 3.05. The maximum Gasteiger partial charge on any atom is 0.268 e. The summed E-state index contributed by atoms with van der Waals surface area (Å²) in [5, 5.41) is 2.56. The van der Waals surface area contributed by atoms with Crippen molar-refractivity contribution >= 4 is 17.2 Å². The molecule has 1 aromatic carbocycles. The maximum atomic E-state index is 13.2. The highest BCUT2D eigenvalue weighted by Crippen LogP contribution is 2.17. The third kappa shape index (κ3) is 3.67. The predicted molar refractivity (Wildman–Crippen MR) is 103 cm³/mol. The lowest BCUT2D eigenvalue weighted by Crippen LogP contribution is -2.29. The van der Waals surface area contributed by atoms with E-state index in [0.29, 0.717) is 30.0 Å². The molecule has 27 heavy (non-hydrogen) atoms. The molecule has 6 nitrogen and oxygen atoms in total. The molecule has 0 aliphatic rings. The number of hydrogen-bond donors (Lipinski definition) is 1. The zero-order valence-electron chi connectivity index (χ0n) is 15.5. The first-order valence-electron chi connectivity index (χ1n) is 8.69. The number of nitrogens with zero attached hydrogens (tertiary/aromatic N) is 3. The number of aromatic nitrogens is 2. The summed E-state index contributed by atoms with van der Waals surface area (Å²) in [6.45, 7) is 4.82. The number of pyridine rings is 1. The Kier molecular flexibility index (Phi) is 5.21. The van der Waals surface area contributed by atoms with Crippen molar-refractivity contribution in [1.29, 1.82) is 0 Å². The molecule has 0 unspecified atom stereocenters. The summed E-state index contributed by atoms with van der Waals surface area (Å²) in [4.78, 5) is 31.4. The lowest BCUT2D eigenvalue weighted by atomic mass is 10.2. The molecule has 0 atom stereocenters. The molecule has 0 spiro atoms. The molecule has 0 fully saturated rings. The largest absolute Gasteiger partial charge is 0.366 e. The van der Waals surface area contributed by atoms with Crippen LogP contribution in [0.5, 0.6) is 0 Å². The summed E-state index contributed by atoms with van der Waals surface area (Å²) in [6, 6.07) is 11.1. The van der Waals surface area contributed by atoms with Gasteiger partial charge >= 0.3 is 0 Å². The van der Waals surface area contributed by atoms with Gasteiger partial charge in [-0.25, -0.2) is 9.37 Å². The molecule has 0 bridgehead atoms. The highest BCUT2D eigenvalue weighted by Gasteiger charge is 2.16. The quantitative estimate of drug-likeness (QED) is 0.752. The van der Waals surface area contributed by atoms with E-state index in [1.807, 2.05) is 11.8 Å². The van der Waals surface area contributed by atoms with Crippen LogP contribution in [0, 0.1) is 12.7 Å². The lowest BCUT2D eigenvalue weighted by molar-refractivity contribution is 0.0955. The van der Waals surface area contributed by atoms with Gasteiger partial charge in [-0.2, -0.15) is 0 Å². The van der Waals surface area contributed by atoms with E-state index in [9.17, 15) is 14.0 Å². The third-order valence-corrected chi connectivity index (χ3v) is 4.45. The van der Waals surface area contributed by atoms with Crippen LogP contribution in [0.4, 0.5) is 10.1 Å². The van der Waals surface area contributed by atoms with Gasteiger partial charge in [0.25, 0.3) is 11.5 Å². The number of benzene rings is 1. The average Bonchev–Trinajstić information content (AvgIpc) is 2.66. The molecule has 7 heteroatoms. The van der Waals surface area contributed by atoms with E-state index >= 15 is 0 Å². The number of amides is 1. The number of rotatable bonds is 5. The molecule has 3 aromatic rings. The Morgan fingerprint density at radius 2 is 1.93 bits per heavy atom. The first kappa shape index (κ1) is 18.6. The number of anilines is 1. The minimum Gasteiger partial charge on any atom is -0.366 e. The van der Waals surface area contributed by atoms with E-state index in [-0.39, 0.29) is 23.0 Å². The zero-order chi connectivity index (χ0) is 19.6. The molecular formula is C20H21FN4O2. The van der Waals surface area contributed by atoms with E-state index in [0.717, 1.165) is 5.69 Å². The van der Waals surface area contributed by atoms with Crippen LogP contribution in [0.1, 0.15) is 28.7 Å². The fraction of sp³-hybridized carbons (Fsp3) is 0.250. The van der Waals surface area contributed by atoms with E-state index in [1.54, 1.807) is 31.2 Å². The Bertz CT molecular complexity index is 1040. The summed E-state index contributed by atoms with van der Waals surface area (Å²) in [5.74, 6) is -0.634. The number of nitrogens with one attached hydrogen (secondary N) is 1. The maximum absolute atomic E-state index is 13.2. The molecular weight excluding hydrogens is 347 g/mol. The van der Waals surface area contributed by atoms with Crippen LogP contribution in [0.25, 0.3) is 5.65 Å². The molecule has 140 valence electrons. The first-order chi connectivity index (χ1) is 12.9. The minimum atomic E-state index is -0.337. The Morgan fingerprint density at radius 1 is 1.22 bits per heavy atom. The first-order valence-corrected chi connectivity index (χ1v) is 8.69. The topological polar surface area (TPSA) is 66.7 Å². The molecule has 0 aliphatic carbocycles. The van der Waals surface area contributed by atoms with E-state index in [4.69, 9.17) is 0 Å². The van der Waals surface area contributed by atoms with Crippen molar-refractivity contribution < 1.29 is 9.18 Å². The van der Waals surface area contributed by atoms with Gasteiger partial charge in [0.15, 0.2) is 0 Å². The van der Waals surface area contributed by atoms with Gasteiger partial charge in [0.05, 0.1) is 12.2 Å². The van der Waals surface area contributed by atoms with Crippen molar-refractivity contribution in [3.05, 3.63) is 75.6 Å². The Labute approximate surface area is 156 Å². The second kappa shape index (κ2) is 7.57. The van der Waals surface area contributed by atoms with Crippen molar-refractivity contribution in [2.24, 2.45) is 0 Å². The zero-order valence-corrected chi connectivity index (χ0v) is 15.5. The summed E-state index contributed by atoms with van der Waals surface area (Å²) >= 11 is 0. The molecule has 0 saturated carbocycles. The summed E-state index contributed by atoms with van der Waals surface area (Å²) in [5.41, 5.74) is 2.50. The average molecular weight is 368 g/mol. The van der Waals surface area contributed by atoms with Crippen LogP contribution in [0.15, 0.2) is 47.3 Å². The number of fused-ring (bicyclic) bond motifs is 1. The minimum absolute atomic E-state index is 0.282. The third-order valence-electron chi connectivity index (χ3n) is 4.45. The number of halogens is 1. The van der Waals surface area contributed by atoms with Crippen LogP contribution >= 0.6 is 0 Å². The van der Waals surface area contributed by atoms with Gasteiger partial charge in [-0.15, -0.1) is 0 Å². The van der Waals surface area contributed by atoms with Crippen molar-refractivity contribution in [3.8, 4) is 0 Å². The molecule has 0 aliphatic heterocycles. The Morgan fingerprint density at radius 3 is 2.56 bits per heavy atom. The number of hydrogen-bond acceptors (Lipinski definition) is 4. The second-order valence-electron chi connectivity index (χ2n) is 6.21. The Balaban J connectivity index is 2.04. The van der Waals surface area contributed by atoms with Crippen LogP contribution in [0.2, 0.25) is 0 Å². The van der Waals surface area contributed by atoms with Gasteiger partial charge in [-0.1, -0.05) is 6.07 Å². The normalized spacial score (nSPS) is 10.8. The predicted octanol–water partition coefficient (Wildman–Crippen LogP) is 2.53. The van der Waals surface area contributed by atoms with Crippen molar-refractivity contribution in [1.82, 2.24) is 14.7 Å². The highest BCUT2D eigenvalue weighted by atomic mass is 19.1. The summed E-state index contributed by atoms with van der Waals surface area (Å²) in [7, 11) is 1.52. The molecule has 0 saturated heterocycles. The van der Waals surface area contributed by atoms with Gasteiger partial charge in [0.2, 0.25) is 0 Å². The van der Waals surface area contributed by atoms with Gasteiger partial charge in [0, 0.05) is 25.3 Å².